The van der Waals surface area contributed by atoms with Gasteiger partial charge in [-0.15, -0.1) is 4.52 Å². The SMILES string of the molecule is OC1CC[C@@H](O[P+](O)(O)O)O1. The van der Waals surface area contributed by atoms with E-state index >= 15 is 0 Å². The lowest BCUT2D eigenvalue weighted by Crippen LogP contribution is -2.14. The minimum absolute atomic E-state index is 0.338. The second-order valence-electron chi connectivity index (χ2n) is 2.22. The molecule has 1 saturated heterocycles. The summed E-state index contributed by atoms with van der Waals surface area (Å²) < 4.78 is 8.88. The smallest absolute Gasteiger partial charge is 0.368 e. The summed E-state index contributed by atoms with van der Waals surface area (Å²) >= 11 is 0. The molecule has 6 nitrogen and oxygen atoms in total. The highest BCUT2D eigenvalue weighted by molar-refractivity contribution is 7.53. The number of aliphatic hydroxyl groups is 1. The minimum atomic E-state index is -4.23. The fraction of sp³-hybridized carbons (Fsp3) is 1.00. The van der Waals surface area contributed by atoms with E-state index in [4.69, 9.17) is 19.8 Å². The molecule has 66 valence electrons. The largest absolute Gasteiger partial charge is 0.570 e. The van der Waals surface area contributed by atoms with E-state index in [1.165, 1.54) is 0 Å². The molecule has 1 aliphatic heterocycles. The van der Waals surface area contributed by atoms with E-state index < -0.39 is 20.8 Å². The van der Waals surface area contributed by atoms with Crippen molar-refractivity contribution in [3.05, 3.63) is 0 Å². The molecule has 0 saturated carbocycles. The molecule has 0 spiro atoms. The normalized spacial score (nSPS) is 32.7. The first-order valence-electron chi connectivity index (χ1n) is 3.06. The highest BCUT2D eigenvalue weighted by atomic mass is 31.2. The zero-order valence-corrected chi connectivity index (χ0v) is 6.52. The molecule has 7 heteroatoms. The Bertz CT molecular complexity index is 133. The van der Waals surface area contributed by atoms with E-state index in [1.807, 2.05) is 0 Å². The van der Waals surface area contributed by atoms with Crippen LogP contribution in [-0.2, 0) is 9.26 Å². The standard InChI is InChI=1S/C4H10O6P/c5-3-1-2-4(9-3)10-11(6,7)8/h3-8H,1-2H2/q+1/t3?,4-/m1/s1. The Morgan fingerprint density at radius 3 is 2.27 bits per heavy atom. The summed E-state index contributed by atoms with van der Waals surface area (Å²) in [5, 5.41) is 8.76. The third-order valence-electron chi connectivity index (χ3n) is 1.22. The Labute approximate surface area is 63.7 Å². The van der Waals surface area contributed by atoms with Crippen LogP contribution in [0.3, 0.4) is 0 Å². The summed E-state index contributed by atoms with van der Waals surface area (Å²) in [7, 11) is -4.23. The molecule has 0 radical (unpaired) electrons. The van der Waals surface area contributed by atoms with E-state index in [0.717, 1.165) is 0 Å². The van der Waals surface area contributed by atoms with Crippen LogP contribution >= 0.6 is 8.17 Å². The van der Waals surface area contributed by atoms with Gasteiger partial charge in [0.05, 0.1) is 0 Å². The Morgan fingerprint density at radius 2 is 1.91 bits per heavy atom. The zero-order valence-electron chi connectivity index (χ0n) is 5.62. The second-order valence-corrected chi connectivity index (χ2v) is 3.45. The zero-order chi connectivity index (χ0) is 8.48. The van der Waals surface area contributed by atoms with Crippen LogP contribution < -0.4 is 0 Å². The van der Waals surface area contributed by atoms with Crippen LogP contribution in [0.5, 0.6) is 0 Å². The van der Waals surface area contributed by atoms with Crippen molar-refractivity contribution >= 4 is 8.17 Å². The van der Waals surface area contributed by atoms with Gasteiger partial charge in [-0.05, 0) is 0 Å². The summed E-state index contributed by atoms with van der Waals surface area (Å²) in [4.78, 5) is 25.2. The number of hydrogen-bond acceptors (Lipinski definition) is 6. The lowest BCUT2D eigenvalue weighted by atomic mass is 10.3. The molecule has 0 amide bonds. The van der Waals surface area contributed by atoms with Gasteiger partial charge in [0, 0.05) is 12.8 Å². The summed E-state index contributed by atoms with van der Waals surface area (Å²) in [5.74, 6) is 0. The number of rotatable bonds is 2. The molecular formula is C4H10O6P+. The Morgan fingerprint density at radius 1 is 1.27 bits per heavy atom. The van der Waals surface area contributed by atoms with E-state index in [-0.39, 0.29) is 0 Å². The van der Waals surface area contributed by atoms with Crippen molar-refractivity contribution in [2.24, 2.45) is 0 Å². The van der Waals surface area contributed by atoms with E-state index in [9.17, 15) is 0 Å². The maximum absolute atomic E-state index is 8.76. The van der Waals surface area contributed by atoms with Crippen LogP contribution in [0.1, 0.15) is 12.8 Å². The Balaban J connectivity index is 2.29. The highest BCUT2D eigenvalue weighted by Gasteiger charge is 2.41. The lowest BCUT2D eigenvalue weighted by molar-refractivity contribution is -0.158. The number of hydrogen-bond donors (Lipinski definition) is 4. The first-order valence-corrected chi connectivity index (χ1v) is 4.63. The van der Waals surface area contributed by atoms with Crippen LogP contribution in [-0.4, -0.2) is 32.4 Å². The molecule has 0 aromatic heterocycles. The van der Waals surface area contributed by atoms with Gasteiger partial charge in [0.2, 0.25) is 6.29 Å². The average Bonchev–Trinajstić information content (AvgIpc) is 2.10. The quantitative estimate of drug-likeness (QED) is 0.416. The molecule has 1 rings (SSSR count). The summed E-state index contributed by atoms with van der Waals surface area (Å²) in [5.41, 5.74) is 0. The van der Waals surface area contributed by atoms with Gasteiger partial charge in [-0.25, -0.2) is 0 Å². The Hall–Kier alpha value is 0.190. The summed E-state index contributed by atoms with van der Waals surface area (Å²) in [6.07, 6.45) is -1.15. The predicted octanol–water partition coefficient (Wildman–Crippen LogP) is -0.888. The van der Waals surface area contributed by atoms with Gasteiger partial charge in [0.1, 0.15) is 0 Å². The molecule has 4 N–H and O–H groups in total. The van der Waals surface area contributed by atoms with Gasteiger partial charge in [-0.1, -0.05) is 0 Å². The average molecular weight is 185 g/mol. The van der Waals surface area contributed by atoms with E-state index in [1.54, 1.807) is 0 Å². The molecule has 2 atom stereocenters. The van der Waals surface area contributed by atoms with Gasteiger partial charge in [0.15, 0.2) is 6.29 Å². The number of ether oxygens (including phenoxy) is 1. The van der Waals surface area contributed by atoms with Crippen LogP contribution in [0.2, 0.25) is 0 Å². The first-order chi connectivity index (χ1) is 4.97. The maximum Gasteiger partial charge on any atom is 0.570 e. The van der Waals surface area contributed by atoms with E-state index in [0.29, 0.717) is 12.8 Å². The molecule has 0 aliphatic carbocycles. The molecule has 11 heavy (non-hydrogen) atoms. The first kappa shape index (κ1) is 9.28. The lowest BCUT2D eigenvalue weighted by Gasteiger charge is -2.08. The van der Waals surface area contributed by atoms with Crippen LogP contribution in [0.15, 0.2) is 0 Å². The van der Waals surface area contributed by atoms with Gasteiger partial charge < -0.3 is 9.84 Å². The topological polar surface area (TPSA) is 99.4 Å². The van der Waals surface area contributed by atoms with Gasteiger partial charge in [0.25, 0.3) is 0 Å². The fourth-order valence-electron chi connectivity index (χ4n) is 0.825. The van der Waals surface area contributed by atoms with Crippen molar-refractivity contribution < 1.29 is 29.0 Å². The fourth-order valence-corrected chi connectivity index (χ4v) is 1.30. The maximum atomic E-state index is 8.76. The van der Waals surface area contributed by atoms with Crippen molar-refractivity contribution in [2.75, 3.05) is 0 Å². The molecule has 1 unspecified atom stereocenters. The molecule has 1 fully saturated rings. The molecule has 0 aromatic carbocycles. The van der Waals surface area contributed by atoms with Gasteiger partial charge in [-0.3, -0.25) is 0 Å². The van der Waals surface area contributed by atoms with E-state index in [2.05, 4.69) is 9.26 Å². The number of aliphatic hydroxyl groups excluding tert-OH is 1. The molecular weight excluding hydrogens is 175 g/mol. The van der Waals surface area contributed by atoms with Crippen LogP contribution in [0.25, 0.3) is 0 Å². The summed E-state index contributed by atoms with van der Waals surface area (Å²) in [6, 6.07) is 0. The molecule has 1 heterocycles. The molecule has 0 aromatic rings. The van der Waals surface area contributed by atoms with Crippen molar-refractivity contribution in [1.82, 2.24) is 0 Å². The predicted molar refractivity (Wildman–Crippen MR) is 34.8 cm³/mol. The van der Waals surface area contributed by atoms with Crippen molar-refractivity contribution in [1.29, 1.82) is 0 Å². The van der Waals surface area contributed by atoms with Crippen LogP contribution in [0.4, 0.5) is 0 Å². The molecule has 1 aliphatic rings. The third kappa shape index (κ3) is 3.39. The van der Waals surface area contributed by atoms with Crippen molar-refractivity contribution in [2.45, 2.75) is 25.4 Å². The third-order valence-corrected chi connectivity index (χ3v) is 1.74. The highest BCUT2D eigenvalue weighted by Crippen LogP contribution is 2.48. The van der Waals surface area contributed by atoms with Gasteiger partial charge in [-0.2, -0.15) is 14.7 Å². The minimum Gasteiger partial charge on any atom is -0.368 e. The monoisotopic (exact) mass is 185 g/mol. The van der Waals surface area contributed by atoms with Crippen molar-refractivity contribution in [3.63, 3.8) is 0 Å². The Kier molecular flexibility index (Phi) is 2.77. The summed E-state index contributed by atoms with van der Waals surface area (Å²) in [6.45, 7) is 0. The van der Waals surface area contributed by atoms with Crippen molar-refractivity contribution in [3.8, 4) is 0 Å². The molecule has 0 bridgehead atoms. The van der Waals surface area contributed by atoms with Crippen LogP contribution in [0, 0.1) is 0 Å². The van der Waals surface area contributed by atoms with Gasteiger partial charge >= 0.3 is 8.17 Å². The second kappa shape index (κ2) is 3.28.